The number of carbonyl (C=O) groups excluding carboxylic acids is 3. The predicted octanol–water partition coefficient (Wildman–Crippen LogP) is 1.16. The van der Waals surface area contributed by atoms with E-state index in [4.69, 9.17) is 14.3 Å². The highest BCUT2D eigenvalue weighted by atomic mass is 16.7. The summed E-state index contributed by atoms with van der Waals surface area (Å²) in [5, 5.41) is 10.4. The first-order valence-corrected chi connectivity index (χ1v) is 10.5. The lowest BCUT2D eigenvalue weighted by Crippen LogP contribution is -2.52. The van der Waals surface area contributed by atoms with Gasteiger partial charge in [-0.15, -0.1) is 0 Å². The molecule has 0 radical (unpaired) electrons. The summed E-state index contributed by atoms with van der Waals surface area (Å²) in [6.07, 6.45) is 2.50. The van der Waals surface area contributed by atoms with Gasteiger partial charge in [0, 0.05) is 25.3 Å². The Morgan fingerprint density at radius 3 is 2.71 bits per heavy atom. The molecule has 1 aromatic rings. The molecule has 0 spiro atoms. The lowest BCUT2D eigenvalue weighted by molar-refractivity contribution is -0.148. The van der Waals surface area contributed by atoms with Crippen LogP contribution in [-0.4, -0.2) is 88.7 Å². The average Bonchev–Trinajstić information content (AvgIpc) is 3.41. The minimum atomic E-state index is -0.569. The summed E-state index contributed by atoms with van der Waals surface area (Å²) >= 11 is 0. The van der Waals surface area contributed by atoms with Gasteiger partial charge in [-0.1, -0.05) is 19.0 Å². The third-order valence-electron chi connectivity index (χ3n) is 5.46. The van der Waals surface area contributed by atoms with E-state index in [0.717, 1.165) is 0 Å². The first kappa shape index (κ1) is 22.6. The number of amides is 2. The molecule has 1 aromatic heterocycles. The highest BCUT2D eigenvalue weighted by molar-refractivity contribution is 6.44. The van der Waals surface area contributed by atoms with Crippen LogP contribution in [0.25, 0.3) is 0 Å². The van der Waals surface area contributed by atoms with Crippen LogP contribution in [0.2, 0.25) is 0 Å². The van der Waals surface area contributed by atoms with Gasteiger partial charge in [-0.3, -0.25) is 14.8 Å². The highest BCUT2D eigenvalue weighted by Gasteiger charge is 2.41. The number of aromatic nitrogens is 2. The summed E-state index contributed by atoms with van der Waals surface area (Å²) in [6.45, 7) is 7.00. The van der Waals surface area contributed by atoms with E-state index in [9.17, 15) is 14.4 Å². The number of likely N-dealkylation sites (tertiary alicyclic amines) is 1. The molecule has 0 aromatic carbocycles. The fourth-order valence-electron chi connectivity index (χ4n) is 3.82. The Kier molecular flexibility index (Phi) is 7.48. The zero-order valence-electron chi connectivity index (χ0n) is 18.1. The van der Waals surface area contributed by atoms with Gasteiger partial charge in [0.25, 0.3) is 5.91 Å². The Balaban J connectivity index is 1.64. The Morgan fingerprint density at radius 2 is 2.10 bits per heavy atom. The maximum atomic E-state index is 13.1. The van der Waals surface area contributed by atoms with Crippen molar-refractivity contribution in [3.8, 4) is 0 Å². The van der Waals surface area contributed by atoms with Crippen molar-refractivity contribution >= 4 is 23.7 Å². The normalized spacial score (nSPS) is 20.2. The van der Waals surface area contributed by atoms with Crippen LogP contribution < -0.4 is 0 Å². The first-order valence-electron chi connectivity index (χ1n) is 10.5. The van der Waals surface area contributed by atoms with Crippen LogP contribution in [0.1, 0.15) is 39.3 Å². The summed E-state index contributed by atoms with van der Waals surface area (Å²) in [5.74, 6) is -0.613. The molecule has 0 bridgehead atoms. The van der Waals surface area contributed by atoms with Crippen molar-refractivity contribution in [2.24, 2.45) is 11.1 Å². The number of H-pyrrole nitrogens is 1. The molecule has 2 saturated heterocycles. The van der Waals surface area contributed by atoms with Gasteiger partial charge >= 0.3 is 12.1 Å². The Hall–Kier alpha value is -3.11. The quantitative estimate of drug-likeness (QED) is 0.369. The van der Waals surface area contributed by atoms with Crippen LogP contribution in [0.4, 0.5) is 4.79 Å². The third kappa shape index (κ3) is 5.33. The predicted molar refractivity (Wildman–Crippen MR) is 109 cm³/mol. The highest BCUT2D eigenvalue weighted by Crippen LogP contribution is 2.27. The van der Waals surface area contributed by atoms with E-state index in [0.29, 0.717) is 44.1 Å². The molecule has 2 amide bonds. The fourth-order valence-corrected chi connectivity index (χ4v) is 3.82. The van der Waals surface area contributed by atoms with Gasteiger partial charge in [0.2, 0.25) is 6.61 Å². The molecule has 3 rings (SSSR count). The molecule has 1 unspecified atom stereocenters. The second kappa shape index (κ2) is 10.3. The third-order valence-corrected chi connectivity index (χ3v) is 5.46. The van der Waals surface area contributed by atoms with Crippen molar-refractivity contribution in [2.75, 3.05) is 32.9 Å². The largest absolute Gasteiger partial charge is 0.463 e. The van der Waals surface area contributed by atoms with Crippen molar-refractivity contribution in [3.63, 3.8) is 0 Å². The first-order chi connectivity index (χ1) is 14.9. The molecule has 2 aliphatic rings. The van der Waals surface area contributed by atoms with Crippen LogP contribution in [0.15, 0.2) is 17.4 Å². The van der Waals surface area contributed by atoms with Gasteiger partial charge in [0.1, 0.15) is 6.61 Å². The second-order valence-electron chi connectivity index (χ2n) is 7.81. The van der Waals surface area contributed by atoms with Crippen LogP contribution >= 0.6 is 0 Å². The maximum absolute atomic E-state index is 13.1. The number of carbonyl (C=O) groups is 3. The van der Waals surface area contributed by atoms with E-state index in [1.54, 1.807) is 17.9 Å². The van der Waals surface area contributed by atoms with Crippen molar-refractivity contribution in [2.45, 2.75) is 45.7 Å². The Morgan fingerprint density at radius 1 is 1.35 bits per heavy atom. The second-order valence-corrected chi connectivity index (χ2v) is 7.81. The number of nitrogens with one attached hydrogen (secondary N) is 1. The molecule has 3 heterocycles. The molecule has 0 saturated carbocycles. The fraction of sp³-hybridized carbons (Fsp3) is 0.650. The summed E-state index contributed by atoms with van der Waals surface area (Å²) in [6, 6.07) is 1.68. The number of ether oxygens (including phenoxy) is 2. The lowest BCUT2D eigenvalue weighted by Gasteiger charge is -2.38. The van der Waals surface area contributed by atoms with Crippen LogP contribution in [0.3, 0.4) is 0 Å². The smallest absolute Gasteiger partial charge is 0.410 e. The number of aromatic amines is 1. The summed E-state index contributed by atoms with van der Waals surface area (Å²) in [4.78, 5) is 45.4. The van der Waals surface area contributed by atoms with E-state index >= 15 is 0 Å². The van der Waals surface area contributed by atoms with Crippen molar-refractivity contribution < 1.29 is 28.7 Å². The van der Waals surface area contributed by atoms with Gasteiger partial charge in [0.15, 0.2) is 5.71 Å². The molecule has 2 aliphatic heterocycles. The summed E-state index contributed by atoms with van der Waals surface area (Å²) in [5.41, 5.74) is 0.417. The molecule has 11 heteroatoms. The number of hydrogen-bond acceptors (Lipinski definition) is 8. The molecule has 1 atom stereocenters. The van der Waals surface area contributed by atoms with Crippen molar-refractivity contribution in [1.82, 2.24) is 20.0 Å². The van der Waals surface area contributed by atoms with Crippen LogP contribution in [0.5, 0.6) is 0 Å². The monoisotopic (exact) mass is 435 g/mol. The Bertz CT molecular complexity index is 801. The van der Waals surface area contributed by atoms with Gasteiger partial charge in [0.05, 0.1) is 18.3 Å². The average molecular weight is 435 g/mol. The molecular weight excluding hydrogens is 406 g/mol. The zero-order valence-corrected chi connectivity index (χ0v) is 18.1. The van der Waals surface area contributed by atoms with Gasteiger partial charge in [-0.25, -0.2) is 9.59 Å². The van der Waals surface area contributed by atoms with Gasteiger partial charge < -0.3 is 19.2 Å². The van der Waals surface area contributed by atoms with E-state index in [-0.39, 0.29) is 36.4 Å². The SMILES string of the molecule is CCOC(=O)CON=C(C(=O)N1CCC(N2C(=O)OCC2C(C)C)CC1)c1ccn[nH]1. The lowest BCUT2D eigenvalue weighted by atomic mass is 9.97. The molecular formula is C20H29N5O6. The van der Waals surface area contributed by atoms with Crippen LogP contribution in [-0.2, 0) is 23.9 Å². The standard InChI is InChI=1S/C20H29N5O6/c1-4-29-17(26)12-31-23-18(15-5-8-21-22-15)19(27)24-9-6-14(7-10-24)25-16(13(2)3)11-30-20(25)28/h5,8,13-14,16H,4,6-7,9-12H2,1-3H3,(H,21,22). The summed E-state index contributed by atoms with van der Waals surface area (Å²) in [7, 11) is 0. The molecule has 11 nitrogen and oxygen atoms in total. The number of oxime groups is 1. The molecule has 31 heavy (non-hydrogen) atoms. The zero-order chi connectivity index (χ0) is 22.4. The molecule has 2 fully saturated rings. The molecule has 0 aliphatic carbocycles. The number of hydrogen-bond donors (Lipinski definition) is 1. The number of rotatable bonds is 8. The molecule has 1 N–H and O–H groups in total. The van der Waals surface area contributed by atoms with E-state index in [1.165, 1.54) is 6.20 Å². The number of piperidine rings is 1. The summed E-state index contributed by atoms with van der Waals surface area (Å²) < 4.78 is 10.1. The Labute approximate surface area is 180 Å². The topological polar surface area (TPSA) is 126 Å². The maximum Gasteiger partial charge on any atom is 0.410 e. The number of cyclic esters (lactones) is 1. The minimum absolute atomic E-state index is 0.0269. The van der Waals surface area contributed by atoms with Crippen molar-refractivity contribution in [1.29, 1.82) is 0 Å². The van der Waals surface area contributed by atoms with Crippen molar-refractivity contribution in [3.05, 3.63) is 18.0 Å². The molecule has 170 valence electrons. The van der Waals surface area contributed by atoms with Gasteiger partial charge in [-0.05, 0) is 31.7 Å². The van der Waals surface area contributed by atoms with E-state index < -0.39 is 12.6 Å². The van der Waals surface area contributed by atoms with Gasteiger partial charge in [-0.2, -0.15) is 5.10 Å². The number of nitrogens with zero attached hydrogens (tertiary/aromatic N) is 4. The minimum Gasteiger partial charge on any atom is -0.463 e. The van der Waals surface area contributed by atoms with Crippen LogP contribution in [0, 0.1) is 5.92 Å². The van der Waals surface area contributed by atoms with E-state index in [1.807, 2.05) is 4.90 Å². The number of esters is 1. The van der Waals surface area contributed by atoms with E-state index in [2.05, 4.69) is 29.2 Å².